The third-order valence-corrected chi connectivity index (χ3v) is 5.24. The van der Waals surface area contributed by atoms with Gasteiger partial charge in [-0.3, -0.25) is 4.79 Å². The summed E-state index contributed by atoms with van der Waals surface area (Å²) in [6, 6.07) is 3.97. The van der Waals surface area contributed by atoms with Crippen LogP contribution in [0.2, 0.25) is 0 Å². The fourth-order valence-corrected chi connectivity index (χ4v) is 3.38. The number of hydrogen-bond donors (Lipinski definition) is 1. The van der Waals surface area contributed by atoms with Gasteiger partial charge in [0.05, 0.1) is 5.56 Å². The van der Waals surface area contributed by atoms with Gasteiger partial charge in [0.1, 0.15) is 0 Å². The Balaban J connectivity index is 3.13. The quantitative estimate of drug-likeness (QED) is 0.465. The van der Waals surface area contributed by atoms with E-state index in [9.17, 15) is 4.79 Å². The molecule has 0 heterocycles. The van der Waals surface area contributed by atoms with Crippen molar-refractivity contribution in [2.45, 2.75) is 6.92 Å². The molecule has 0 saturated carbocycles. The van der Waals surface area contributed by atoms with Crippen molar-refractivity contribution in [3.05, 3.63) is 28.4 Å². The molecule has 76 valence electrons. The van der Waals surface area contributed by atoms with Gasteiger partial charge in [-0.25, -0.2) is 0 Å². The number of benzene rings is 1. The van der Waals surface area contributed by atoms with Crippen molar-refractivity contribution in [1.29, 1.82) is 0 Å². The minimum absolute atomic E-state index is 0.00771. The fourth-order valence-electron chi connectivity index (χ4n) is 0.977. The Morgan fingerprint density at radius 3 is 2.57 bits per heavy atom. The first-order chi connectivity index (χ1) is 6.56. The molecule has 0 spiro atoms. The third-order valence-electron chi connectivity index (χ3n) is 1.57. The molecule has 1 aromatic rings. The predicted molar refractivity (Wildman–Crippen MR) is 82.6 cm³/mol. The molecular formula is C9H8I3NO. The highest BCUT2D eigenvalue weighted by Crippen LogP contribution is 2.22. The van der Waals surface area contributed by atoms with Crippen LogP contribution in [-0.2, 0) is 0 Å². The highest BCUT2D eigenvalue weighted by atomic mass is 127. The lowest BCUT2D eigenvalue weighted by molar-refractivity contribution is 0.0955. The molecule has 0 unspecified atom stereocenters. The van der Waals surface area contributed by atoms with Crippen molar-refractivity contribution < 1.29 is 4.79 Å². The van der Waals surface area contributed by atoms with Gasteiger partial charge in [0.25, 0.3) is 5.91 Å². The maximum Gasteiger partial charge on any atom is 0.252 e. The summed E-state index contributed by atoms with van der Waals surface area (Å²) in [5.74, 6) is 0.00771. The van der Waals surface area contributed by atoms with Crippen LogP contribution in [0.1, 0.15) is 17.3 Å². The lowest BCUT2D eigenvalue weighted by Gasteiger charge is -2.07. The molecule has 1 aromatic carbocycles. The molecule has 0 aliphatic carbocycles. The molecule has 2 nitrogen and oxygen atoms in total. The highest BCUT2D eigenvalue weighted by Gasteiger charge is 2.12. The first kappa shape index (κ1) is 12.9. The lowest BCUT2D eigenvalue weighted by atomic mass is 10.2. The van der Waals surface area contributed by atoms with Crippen molar-refractivity contribution >= 4 is 73.7 Å². The number of nitrogens with one attached hydrogen (secondary N) is 1. The Morgan fingerprint density at radius 2 is 2.00 bits per heavy atom. The number of carbonyl (C=O) groups excluding carboxylic acids is 1. The van der Waals surface area contributed by atoms with Crippen LogP contribution in [0.5, 0.6) is 0 Å². The van der Waals surface area contributed by atoms with Gasteiger partial charge in [-0.15, -0.1) is 0 Å². The first-order valence-corrected chi connectivity index (χ1v) is 7.22. The average molecular weight is 527 g/mol. The molecule has 0 saturated heterocycles. The molecule has 1 rings (SSSR count). The summed E-state index contributed by atoms with van der Waals surface area (Å²) in [6.07, 6.45) is 0. The lowest BCUT2D eigenvalue weighted by Crippen LogP contribution is -2.24. The maximum absolute atomic E-state index is 11.6. The van der Waals surface area contributed by atoms with Crippen LogP contribution in [0, 0.1) is 10.7 Å². The Labute approximate surface area is 124 Å². The summed E-state index contributed by atoms with van der Waals surface area (Å²) in [5, 5.41) is 2.81. The summed E-state index contributed by atoms with van der Waals surface area (Å²) in [4.78, 5) is 11.6. The molecule has 0 aromatic heterocycles. The zero-order valence-electron chi connectivity index (χ0n) is 7.40. The van der Waals surface area contributed by atoms with Gasteiger partial charge in [0, 0.05) is 17.3 Å². The van der Waals surface area contributed by atoms with E-state index in [1.165, 1.54) is 0 Å². The Hall–Kier alpha value is 0.880. The second-order valence-electron chi connectivity index (χ2n) is 2.61. The molecule has 0 radical (unpaired) electrons. The van der Waals surface area contributed by atoms with Gasteiger partial charge in [0.2, 0.25) is 0 Å². The SMILES string of the molecule is CCNC(=O)c1cc(I)cc(I)c1I. The summed E-state index contributed by atoms with van der Waals surface area (Å²) in [7, 11) is 0. The van der Waals surface area contributed by atoms with Gasteiger partial charge >= 0.3 is 0 Å². The summed E-state index contributed by atoms with van der Waals surface area (Å²) in [6.45, 7) is 2.58. The minimum Gasteiger partial charge on any atom is -0.352 e. The highest BCUT2D eigenvalue weighted by molar-refractivity contribution is 14.1. The third kappa shape index (κ3) is 3.19. The van der Waals surface area contributed by atoms with E-state index in [1.54, 1.807) is 0 Å². The largest absolute Gasteiger partial charge is 0.352 e. The van der Waals surface area contributed by atoms with Crippen LogP contribution in [0.15, 0.2) is 12.1 Å². The van der Waals surface area contributed by atoms with E-state index in [0.29, 0.717) is 6.54 Å². The monoisotopic (exact) mass is 527 g/mol. The van der Waals surface area contributed by atoms with Crippen molar-refractivity contribution in [2.75, 3.05) is 6.54 Å². The molecule has 0 fully saturated rings. The van der Waals surface area contributed by atoms with Gasteiger partial charge in [-0.05, 0) is 86.8 Å². The van der Waals surface area contributed by atoms with Gasteiger partial charge in [0.15, 0.2) is 0 Å². The number of carbonyl (C=O) groups is 1. The van der Waals surface area contributed by atoms with E-state index in [4.69, 9.17) is 0 Å². The summed E-state index contributed by atoms with van der Waals surface area (Å²) >= 11 is 6.67. The molecule has 0 atom stereocenters. The van der Waals surface area contributed by atoms with Crippen LogP contribution in [0.25, 0.3) is 0 Å². The zero-order chi connectivity index (χ0) is 10.7. The second-order valence-corrected chi connectivity index (χ2v) is 6.10. The van der Waals surface area contributed by atoms with E-state index in [-0.39, 0.29) is 5.91 Å². The van der Waals surface area contributed by atoms with E-state index in [2.05, 4.69) is 79.2 Å². The molecule has 1 amide bonds. The van der Waals surface area contributed by atoms with Crippen LogP contribution < -0.4 is 5.32 Å². The Kier molecular flexibility index (Phi) is 5.39. The van der Waals surface area contributed by atoms with Gasteiger partial charge in [-0.1, -0.05) is 0 Å². The van der Waals surface area contributed by atoms with Crippen molar-refractivity contribution in [3.8, 4) is 0 Å². The van der Waals surface area contributed by atoms with Crippen LogP contribution in [-0.4, -0.2) is 12.5 Å². The van der Waals surface area contributed by atoms with Gasteiger partial charge in [-0.2, -0.15) is 0 Å². The number of amides is 1. The van der Waals surface area contributed by atoms with E-state index < -0.39 is 0 Å². The molecule has 0 bridgehead atoms. The molecule has 0 aliphatic heterocycles. The second kappa shape index (κ2) is 5.83. The van der Waals surface area contributed by atoms with Crippen LogP contribution in [0.4, 0.5) is 0 Å². The fraction of sp³-hybridized carbons (Fsp3) is 0.222. The Bertz CT molecular complexity index is 365. The van der Waals surface area contributed by atoms with Crippen molar-refractivity contribution in [1.82, 2.24) is 5.32 Å². The average Bonchev–Trinajstić information content (AvgIpc) is 2.11. The molecule has 1 N–H and O–H groups in total. The minimum atomic E-state index is 0.00771. The van der Waals surface area contributed by atoms with Gasteiger partial charge < -0.3 is 5.32 Å². The maximum atomic E-state index is 11.6. The first-order valence-electron chi connectivity index (χ1n) is 3.99. The van der Waals surface area contributed by atoms with Crippen molar-refractivity contribution in [3.63, 3.8) is 0 Å². The topological polar surface area (TPSA) is 29.1 Å². The molecule has 0 aliphatic rings. The predicted octanol–water partition coefficient (Wildman–Crippen LogP) is 3.25. The van der Waals surface area contributed by atoms with Crippen LogP contribution in [0.3, 0.4) is 0 Å². The molecule has 5 heteroatoms. The number of hydrogen-bond acceptors (Lipinski definition) is 1. The zero-order valence-corrected chi connectivity index (χ0v) is 13.9. The number of rotatable bonds is 2. The number of halogens is 3. The Morgan fingerprint density at radius 1 is 1.36 bits per heavy atom. The molecular weight excluding hydrogens is 519 g/mol. The summed E-state index contributed by atoms with van der Waals surface area (Å²) < 4.78 is 3.24. The van der Waals surface area contributed by atoms with E-state index >= 15 is 0 Å². The van der Waals surface area contributed by atoms with Crippen molar-refractivity contribution in [2.24, 2.45) is 0 Å². The standard InChI is InChI=1S/C9H8I3NO/c1-2-13-9(14)6-3-5(10)4-7(11)8(6)12/h3-4H,2H2,1H3,(H,13,14). The van der Waals surface area contributed by atoms with Crippen LogP contribution >= 0.6 is 67.8 Å². The normalized spacial score (nSPS) is 10.0. The smallest absolute Gasteiger partial charge is 0.252 e. The van der Waals surface area contributed by atoms with E-state index in [0.717, 1.165) is 16.3 Å². The summed E-state index contributed by atoms with van der Waals surface area (Å²) in [5.41, 5.74) is 0.767. The van der Waals surface area contributed by atoms with E-state index in [1.807, 2.05) is 13.0 Å². The molecule has 14 heavy (non-hydrogen) atoms.